The van der Waals surface area contributed by atoms with Gasteiger partial charge in [-0.3, -0.25) is 4.21 Å². The smallest absolute Gasteiger partial charge is 0.181 e. The quantitative estimate of drug-likeness (QED) is 0.715. The van der Waals surface area contributed by atoms with E-state index in [1.807, 2.05) is 18.2 Å². The third-order valence-electron chi connectivity index (χ3n) is 1.98. The van der Waals surface area contributed by atoms with Crippen molar-refractivity contribution in [3.05, 3.63) is 30.2 Å². The van der Waals surface area contributed by atoms with Crippen LogP contribution in [0.25, 0.3) is 11.1 Å². The summed E-state index contributed by atoms with van der Waals surface area (Å²) < 4.78 is 26.0. The summed E-state index contributed by atoms with van der Waals surface area (Å²) in [6.45, 7) is 0. The van der Waals surface area contributed by atoms with E-state index < -0.39 is 11.1 Å². The lowest BCUT2D eigenvalue weighted by Gasteiger charge is -2.04. The second-order valence-electron chi connectivity index (χ2n) is 2.88. The van der Waals surface area contributed by atoms with Crippen LogP contribution in [0.5, 0.6) is 0 Å². The molecular weight excluding hydrogens is 202 g/mol. The molecule has 0 radical (unpaired) electrons. The number of hydrogen-bond acceptors (Lipinski definition) is 4. The van der Waals surface area contributed by atoms with Crippen LogP contribution in [0.1, 0.15) is 5.56 Å². The fourth-order valence-corrected chi connectivity index (χ4v) is 1.72. The average Bonchev–Trinajstić information content (AvgIpc) is 2.62. The summed E-state index contributed by atoms with van der Waals surface area (Å²) in [5.74, 6) is 0.111. The van der Waals surface area contributed by atoms with Gasteiger partial charge in [0.25, 0.3) is 0 Å². The maximum atomic E-state index is 10.4. The van der Waals surface area contributed by atoms with Gasteiger partial charge in [-0.1, -0.05) is 23.2 Å². The van der Waals surface area contributed by atoms with Crippen LogP contribution in [0, 0.1) is 0 Å². The first-order chi connectivity index (χ1) is 6.77. The SMILES string of the molecule is O=S([O-])CCc1cccc2ncoc12. The van der Waals surface area contributed by atoms with E-state index in [9.17, 15) is 8.76 Å². The summed E-state index contributed by atoms with van der Waals surface area (Å²) in [6.07, 6.45) is 1.82. The summed E-state index contributed by atoms with van der Waals surface area (Å²) in [4.78, 5) is 3.99. The minimum absolute atomic E-state index is 0.111. The van der Waals surface area contributed by atoms with E-state index in [0.717, 1.165) is 11.1 Å². The van der Waals surface area contributed by atoms with E-state index in [1.165, 1.54) is 6.39 Å². The Morgan fingerprint density at radius 2 is 2.36 bits per heavy atom. The second kappa shape index (κ2) is 3.89. The number of para-hydroxylation sites is 1. The van der Waals surface area contributed by atoms with Gasteiger partial charge in [0.1, 0.15) is 5.52 Å². The summed E-state index contributed by atoms with van der Waals surface area (Å²) in [5.41, 5.74) is 2.32. The maximum absolute atomic E-state index is 10.4. The van der Waals surface area contributed by atoms with Crippen molar-refractivity contribution in [2.45, 2.75) is 6.42 Å². The van der Waals surface area contributed by atoms with Crippen LogP contribution >= 0.6 is 0 Å². The predicted molar refractivity (Wildman–Crippen MR) is 51.5 cm³/mol. The fourth-order valence-electron chi connectivity index (χ4n) is 1.34. The Morgan fingerprint density at radius 3 is 3.14 bits per heavy atom. The summed E-state index contributed by atoms with van der Waals surface area (Å²) in [7, 11) is 0. The van der Waals surface area contributed by atoms with Crippen molar-refractivity contribution >= 4 is 22.2 Å². The van der Waals surface area contributed by atoms with E-state index in [2.05, 4.69) is 4.98 Å². The van der Waals surface area contributed by atoms with Gasteiger partial charge >= 0.3 is 0 Å². The molecule has 0 N–H and O–H groups in total. The molecule has 74 valence electrons. The van der Waals surface area contributed by atoms with Gasteiger partial charge in [0, 0.05) is 5.75 Å². The van der Waals surface area contributed by atoms with E-state index in [-0.39, 0.29) is 5.75 Å². The number of fused-ring (bicyclic) bond motifs is 1. The van der Waals surface area contributed by atoms with E-state index in [0.29, 0.717) is 12.0 Å². The third kappa shape index (κ3) is 1.83. The Kier molecular flexibility index (Phi) is 2.60. The maximum Gasteiger partial charge on any atom is 0.181 e. The van der Waals surface area contributed by atoms with Crippen LogP contribution in [0.4, 0.5) is 0 Å². The normalized spacial score (nSPS) is 13.2. The highest BCUT2D eigenvalue weighted by molar-refractivity contribution is 7.79. The van der Waals surface area contributed by atoms with Gasteiger partial charge in [0.2, 0.25) is 0 Å². The molecule has 0 saturated carbocycles. The van der Waals surface area contributed by atoms with Crippen LogP contribution in [-0.2, 0) is 17.5 Å². The number of oxazole rings is 1. The first-order valence-corrected chi connectivity index (χ1v) is 5.39. The molecule has 0 aliphatic rings. The Bertz CT molecular complexity index is 466. The summed E-state index contributed by atoms with van der Waals surface area (Å²) in [5, 5.41) is 0. The molecule has 0 amide bonds. The molecule has 2 aromatic rings. The average molecular weight is 210 g/mol. The number of rotatable bonds is 3. The van der Waals surface area contributed by atoms with Crippen LogP contribution in [-0.4, -0.2) is 19.5 Å². The van der Waals surface area contributed by atoms with Gasteiger partial charge in [0.05, 0.1) is 0 Å². The highest BCUT2D eigenvalue weighted by Gasteiger charge is 2.04. The van der Waals surface area contributed by atoms with E-state index in [1.54, 1.807) is 0 Å². The molecule has 1 heterocycles. The molecule has 1 unspecified atom stereocenters. The molecule has 0 fully saturated rings. The number of aromatic nitrogens is 1. The topological polar surface area (TPSA) is 66.2 Å². The Morgan fingerprint density at radius 1 is 1.50 bits per heavy atom. The molecule has 4 nitrogen and oxygen atoms in total. The number of nitrogens with zero attached hydrogens (tertiary/aromatic N) is 1. The molecule has 0 saturated heterocycles. The van der Waals surface area contributed by atoms with E-state index >= 15 is 0 Å². The fraction of sp³-hybridized carbons (Fsp3) is 0.222. The van der Waals surface area contributed by atoms with Crippen molar-refractivity contribution in [1.29, 1.82) is 0 Å². The van der Waals surface area contributed by atoms with Crippen LogP contribution < -0.4 is 0 Å². The molecule has 14 heavy (non-hydrogen) atoms. The summed E-state index contributed by atoms with van der Waals surface area (Å²) in [6, 6.07) is 5.52. The van der Waals surface area contributed by atoms with Gasteiger partial charge in [0.15, 0.2) is 12.0 Å². The van der Waals surface area contributed by atoms with Crippen molar-refractivity contribution in [3.8, 4) is 0 Å². The van der Waals surface area contributed by atoms with Gasteiger partial charge < -0.3 is 8.97 Å². The highest BCUT2D eigenvalue weighted by Crippen LogP contribution is 2.17. The second-order valence-corrected chi connectivity index (χ2v) is 3.89. The van der Waals surface area contributed by atoms with Crippen molar-refractivity contribution in [2.24, 2.45) is 0 Å². The van der Waals surface area contributed by atoms with Crippen molar-refractivity contribution in [2.75, 3.05) is 5.75 Å². The minimum Gasteiger partial charge on any atom is -0.772 e. The molecule has 5 heteroatoms. The zero-order chi connectivity index (χ0) is 9.97. The van der Waals surface area contributed by atoms with E-state index in [4.69, 9.17) is 4.42 Å². The summed E-state index contributed by atoms with van der Waals surface area (Å²) >= 11 is -2.01. The largest absolute Gasteiger partial charge is 0.772 e. The first-order valence-electron chi connectivity index (χ1n) is 4.14. The predicted octanol–water partition coefficient (Wildman–Crippen LogP) is 1.25. The lowest BCUT2D eigenvalue weighted by Crippen LogP contribution is -1.99. The molecule has 1 aromatic carbocycles. The van der Waals surface area contributed by atoms with Gasteiger partial charge in [-0.05, 0) is 18.1 Å². The number of benzene rings is 1. The Balaban J connectivity index is 2.32. The lowest BCUT2D eigenvalue weighted by atomic mass is 10.1. The molecule has 0 aliphatic carbocycles. The molecule has 1 aromatic heterocycles. The van der Waals surface area contributed by atoms with Gasteiger partial charge in [-0.2, -0.15) is 0 Å². The van der Waals surface area contributed by atoms with Crippen LogP contribution in [0.3, 0.4) is 0 Å². The molecule has 0 bridgehead atoms. The van der Waals surface area contributed by atoms with Crippen LogP contribution in [0.2, 0.25) is 0 Å². The third-order valence-corrected chi connectivity index (χ3v) is 2.51. The molecule has 0 spiro atoms. The number of hydrogen-bond donors (Lipinski definition) is 0. The monoisotopic (exact) mass is 210 g/mol. The minimum atomic E-state index is -2.01. The zero-order valence-electron chi connectivity index (χ0n) is 7.30. The number of aryl methyl sites for hydroxylation is 1. The standard InChI is InChI=1S/C9H9NO3S/c11-14(12)5-4-7-2-1-3-8-9(7)13-6-10-8/h1-3,6H,4-5H2,(H,11,12)/p-1. The lowest BCUT2D eigenvalue weighted by molar-refractivity contribution is 0.536. The van der Waals surface area contributed by atoms with Gasteiger partial charge in [-0.25, -0.2) is 4.98 Å². The Hall–Kier alpha value is -1.20. The molecule has 1 atom stereocenters. The van der Waals surface area contributed by atoms with Crippen molar-refractivity contribution in [1.82, 2.24) is 4.98 Å². The zero-order valence-corrected chi connectivity index (χ0v) is 8.12. The highest BCUT2D eigenvalue weighted by atomic mass is 32.2. The molecular formula is C9H8NO3S-. The van der Waals surface area contributed by atoms with Crippen molar-refractivity contribution < 1.29 is 13.2 Å². The van der Waals surface area contributed by atoms with Crippen LogP contribution in [0.15, 0.2) is 29.0 Å². The molecule has 2 rings (SSSR count). The first kappa shape index (κ1) is 9.36. The van der Waals surface area contributed by atoms with Crippen molar-refractivity contribution in [3.63, 3.8) is 0 Å². The molecule has 0 aliphatic heterocycles. The Labute approximate surface area is 83.2 Å². The van der Waals surface area contributed by atoms with Gasteiger partial charge in [-0.15, -0.1) is 0 Å².